The van der Waals surface area contributed by atoms with E-state index in [1.807, 2.05) is 43.5 Å². The molecule has 1 heterocycles. The van der Waals surface area contributed by atoms with Gasteiger partial charge in [-0.1, -0.05) is 24.3 Å². The summed E-state index contributed by atoms with van der Waals surface area (Å²) in [6.45, 7) is 1.97. The van der Waals surface area contributed by atoms with Crippen LogP contribution in [0, 0.1) is 0 Å². The van der Waals surface area contributed by atoms with Crippen molar-refractivity contribution in [3.63, 3.8) is 0 Å². The Balaban J connectivity index is 2.08. The van der Waals surface area contributed by atoms with Crippen LogP contribution in [0.5, 0.6) is 0 Å². The molecule has 1 amide bonds. The number of rotatable bonds is 6. The van der Waals surface area contributed by atoms with Crippen molar-refractivity contribution >= 4 is 28.6 Å². The Kier molecular flexibility index (Phi) is 5.59. The molecular weight excluding hydrogens is 284 g/mol. The molecule has 0 saturated heterocycles. The van der Waals surface area contributed by atoms with E-state index in [-0.39, 0.29) is 23.8 Å². The lowest BCUT2D eigenvalue weighted by Crippen LogP contribution is -2.41. The zero-order valence-electron chi connectivity index (χ0n) is 12.2. The van der Waals surface area contributed by atoms with Gasteiger partial charge in [0.15, 0.2) is 0 Å². The second kappa shape index (κ2) is 7.43. The van der Waals surface area contributed by atoms with Crippen LogP contribution >= 0.6 is 11.8 Å². The highest BCUT2D eigenvalue weighted by molar-refractivity contribution is 7.99. The highest BCUT2D eigenvalue weighted by Crippen LogP contribution is 2.17. The van der Waals surface area contributed by atoms with Gasteiger partial charge in [0.1, 0.15) is 0 Å². The number of aliphatic hydroxyl groups excluding tert-OH is 1. The van der Waals surface area contributed by atoms with Crippen molar-refractivity contribution < 1.29 is 9.90 Å². The Bertz CT molecular complexity index is 609. The second-order valence-electron chi connectivity index (χ2n) is 4.98. The molecule has 2 rings (SSSR count). The second-order valence-corrected chi connectivity index (χ2v) is 6.06. The van der Waals surface area contributed by atoms with Crippen LogP contribution in [0.25, 0.3) is 10.9 Å². The molecule has 0 aliphatic rings. The van der Waals surface area contributed by atoms with Crippen molar-refractivity contribution in [2.24, 2.45) is 0 Å². The lowest BCUT2D eigenvalue weighted by Gasteiger charge is -2.21. The first-order chi connectivity index (χ1) is 10.2. The minimum atomic E-state index is -0.0690. The SMILES string of the molecule is CS[C@H](CO)[C@H](C)NC(=O)Cc1cccc2cccnc12. The van der Waals surface area contributed by atoms with E-state index in [9.17, 15) is 9.90 Å². The van der Waals surface area contributed by atoms with E-state index in [0.717, 1.165) is 16.5 Å². The first kappa shape index (κ1) is 15.8. The van der Waals surface area contributed by atoms with Crippen LogP contribution in [0.1, 0.15) is 12.5 Å². The molecule has 0 unspecified atom stereocenters. The van der Waals surface area contributed by atoms with Crippen molar-refractivity contribution in [1.82, 2.24) is 10.3 Å². The number of aliphatic hydroxyl groups is 1. The molecule has 1 aromatic carbocycles. The minimum Gasteiger partial charge on any atom is -0.395 e. The average molecular weight is 304 g/mol. The van der Waals surface area contributed by atoms with E-state index < -0.39 is 0 Å². The molecule has 2 aromatic rings. The molecule has 1 aromatic heterocycles. The zero-order valence-corrected chi connectivity index (χ0v) is 13.1. The molecule has 0 radical (unpaired) electrons. The number of carbonyl (C=O) groups excluding carboxylic acids is 1. The third-order valence-electron chi connectivity index (χ3n) is 3.50. The fraction of sp³-hybridized carbons (Fsp3) is 0.375. The maximum atomic E-state index is 12.2. The number of carbonyl (C=O) groups is 1. The van der Waals surface area contributed by atoms with Crippen molar-refractivity contribution in [1.29, 1.82) is 0 Å². The Morgan fingerprint density at radius 3 is 2.86 bits per heavy atom. The van der Waals surface area contributed by atoms with Crippen molar-refractivity contribution in [3.05, 3.63) is 42.1 Å². The first-order valence-corrected chi connectivity index (χ1v) is 8.20. The highest BCUT2D eigenvalue weighted by atomic mass is 32.2. The van der Waals surface area contributed by atoms with Gasteiger partial charge in [0.25, 0.3) is 0 Å². The van der Waals surface area contributed by atoms with Gasteiger partial charge in [0.05, 0.1) is 18.5 Å². The molecule has 0 aliphatic carbocycles. The number of hydrogen-bond acceptors (Lipinski definition) is 4. The topological polar surface area (TPSA) is 62.2 Å². The number of fused-ring (bicyclic) bond motifs is 1. The number of pyridine rings is 1. The van der Waals surface area contributed by atoms with E-state index in [1.165, 1.54) is 0 Å². The van der Waals surface area contributed by atoms with E-state index in [4.69, 9.17) is 0 Å². The molecule has 0 bridgehead atoms. The summed E-state index contributed by atoms with van der Waals surface area (Å²) >= 11 is 1.55. The van der Waals surface area contributed by atoms with E-state index in [1.54, 1.807) is 18.0 Å². The van der Waals surface area contributed by atoms with Crippen LogP contribution in [0.3, 0.4) is 0 Å². The number of nitrogens with one attached hydrogen (secondary N) is 1. The predicted octanol–water partition coefficient (Wildman–Crippen LogP) is 2.01. The van der Waals surface area contributed by atoms with Gasteiger partial charge in [-0.15, -0.1) is 0 Å². The summed E-state index contributed by atoms with van der Waals surface area (Å²) in [6, 6.07) is 9.66. The van der Waals surface area contributed by atoms with Crippen LogP contribution in [0.15, 0.2) is 36.5 Å². The molecule has 0 spiro atoms. The van der Waals surface area contributed by atoms with Gasteiger partial charge in [-0.2, -0.15) is 11.8 Å². The number of amides is 1. The van der Waals surface area contributed by atoms with Crippen LogP contribution in [0.2, 0.25) is 0 Å². The fourth-order valence-corrected chi connectivity index (χ4v) is 2.94. The largest absolute Gasteiger partial charge is 0.395 e. The molecule has 5 heteroatoms. The summed E-state index contributed by atoms with van der Waals surface area (Å²) in [5.41, 5.74) is 1.79. The minimum absolute atomic E-state index is 0.0135. The maximum Gasteiger partial charge on any atom is 0.224 e. The van der Waals surface area contributed by atoms with E-state index >= 15 is 0 Å². The Hall–Kier alpha value is -1.59. The highest BCUT2D eigenvalue weighted by Gasteiger charge is 2.18. The standard InChI is InChI=1S/C16H20N2O2S/c1-11(14(10-19)21-2)18-15(20)9-13-6-3-5-12-7-4-8-17-16(12)13/h3-8,11,14,19H,9-10H2,1-2H3,(H,18,20)/t11-,14+/m0/s1. The lowest BCUT2D eigenvalue weighted by molar-refractivity contribution is -0.121. The van der Waals surface area contributed by atoms with Crippen LogP contribution in [-0.4, -0.2) is 40.2 Å². The van der Waals surface area contributed by atoms with E-state index in [2.05, 4.69) is 10.3 Å². The molecule has 0 saturated carbocycles. The predicted molar refractivity (Wildman–Crippen MR) is 87.4 cm³/mol. The molecule has 2 N–H and O–H groups in total. The summed E-state index contributed by atoms with van der Waals surface area (Å²) in [7, 11) is 0. The first-order valence-electron chi connectivity index (χ1n) is 6.91. The smallest absolute Gasteiger partial charge is 0.224 e. The quantitative estimate of drug-likeness (QED) is 0.857. The van der Waals surface area contributed by atoms with Crippen molar-refractivity contribution in [2.45, 2.75) is 24.6 Å². The Labute approximate surface area is 129 Å². The van der Waals surface area contributed by atoms with E-state index in [0.29, 0.717) is 6.42 Å². The molecule has 0 fully saturated rings. The van der Waals surface area contributed by atoms with Gasteiger partial charge in [-0.05, 0) is 24.8 Å². The lowest BCUT2D eigenvalue weighted by atomic mass is 10.1. The third kappa shape index (κ3) is 3.95. The van der Waals surface area contributed by atoms with Crippen LogP contribution in [0.4, 0.5) is 0 Å². The summed E-state index contributed by atoms with van der Waals surface area (Å²) in [6.07, 6.45) is 3.96. The van der Waals surface area contributed by atoms with Gasteiger partial charge >= 0.3 is 0 Å². The van der Waals surface area contributed by atoms with Gasteiger partial charge in [-0.3, -0.25) is 9.78 Å². The Morgan fingerprint density at radius 2 is 2.14 bits per heavy atom. The van der Waals surface area contributed by atoms with Gasteiger partial charge in [0.2, 0.25) is 5.91 Å². The summed E-state index contributed by atoms with van der Waals surface area (Å²) in [4.78, 5) is 16.5. The molecule has 21 heavy (non-hydrogen) atoms. The number of nitrogens with zero attached hydrogens (tertiary/aromatic N) is 1. The van der Waals surface area contributed by atoms with Gasteiger partial charge < -0.3 is 10.4 Å². The summed E-state index contributed by atoms with van der Waals surface area (Å²) in [5, 5.41) is 13.3. The van der Waals surface area contributed by atoms with Crippen LogP contribution < -0.4 is 5.32 Å². The molecule has 0 aliphatic heterocycles. The average Bonchev–Trinajstić information content (AvgIpc) is 2.48. The molecule has 2 atom stereocenters. The molecular formula is C16H20N2O2S. The Morgan fingerprint density at radius 1 is 1.38 bits per heavy atom. The summed E-state index contributed by atoms with van der Waals surface area (Å²) < 4.78 is 0. The number of benzene rings is 1. The molecule has 4 nitrogen and oxygen atoms in total. The van der Waals surface area contributed by atoms with Crippen molar-refractivity contribution in [2.75, 3.05) is 12.9 Å². The fourth-order valence-electron chi connectivity index (χ4n) is 2.32. The maximum absolute atomic E-state index is 12.2. The van der Waals surface area contributed by atoms with Crippen LogP contribution in [-0.2, 0) is 11.2 Å². The zero-order chi connectivity index (χ0) is 15.2. The number of aromatic nitrogens is 1. The summed E-state index contributed by atoms with van der Waals surface area (Å²) in [5.74, 6) is -0.0480. The normalized spacial score (nSPS) is 13.9. The number of thioether (sulfide) groups is 1. The monoisotopic (exact) mass is 304 g/mol. The number of hydrogen-bond donors (Lipinski definition) is 2. The van der Waals surface area contributed by atoms with Gasteiger partial charge in [0, 0.05) is 22.9 Å². The van der Waals surface area contributed by atoms with Crippen molar-refractivity contribution in [3.8, 4) is 0 Å². The molecule has 112 valence electrons. The third-order valence-corrected chi connectivity index (χ3v) is 4.66. The van der Waals surface area contributed by atoms with Gasteiger partial charge in [-0.25, -0.2) is 0 Å². The number of para-hydroxylation sites is 1.